The lowest BCUT2D eigenvalue weighted by molar-refractivity contribution is 0.0991. The van der Waals surface area contributed by atoms with Gasteiger partial charge in [-0.15, -0.1) is 0 Å². The molecule has 0 amide bonds. The van der Waals surface area contributed by atoms with Crippen LogP contribution in [0.3, 0.4) is 0 Å². The highest BCUT2D eigenvalue weighted by Gasteiger charge is 2.42. The predicted octanol–water partition coefficient (Wildman–Crippen LogP) is 5.96. The van der Waals surface area contributed by atoms with Crippen LogP contribution in [0.4, 0.5) is 13.2 Å². The highest BCUT2D eigenvalue weighted by Crippen LogP contribution is 2.44. The third-order valence-electron chi connectivity index (χ3n) is 6.79. The molecule has 2 aromatic carbocycles. The molecule has 1 aliphatic carbocycles. The minimum Gasteiger partial charge on any atom is -0.487 e. The van der Waals surface area contributed by atoms with Gasteiger partial charge in [-0.1, -0.05) is 6.92 Å². The molecule has 1 atom stereocenters. The van der Waals surface area contributed by atoms with Crippen molar-refractivity contribution in [1.29, 1.82) is 0 Å². The Bertz CT molecular complexity index is 1070. The minimum absolute atomic E-state index is 0.192. The second-order valence-corrected chi connectivity index (χ2v) is 8.56. The molecule has 0 radical (unpaired) electrons. The SMILES string of the molecule is CCC(N)C1(c2cc(F)cc(F)c2)CCC(Oc2c(F)cc3cnccc3c2C)CC1. The van der Waals surface area contributed by atoms with E-state index in [4.69, 9.17) is 10.5 Å². The van der Waals surface area contributed by atoms with Gasteiger partial charge in [0.05, 0.1) is 6.10 Å². The largest absolute Gasteiger partial charge is 0.487 e. The minimum atomic E-state index is -0.598. The summed E-state index contributed by atoms with van der Waals surface area (Å²) in [5.74, 6) is -1.35. The van der Waals surface area contributed by atoms with Crippen LogP contribution in [0.1, 0.15) is 50.2 Å². The zero-order valence-electron chi connectivity index (χ0n) is 17.8. The van der Waals surface area contributed by atoms with Crippen molar-refractivity contribution in [2.75, 3.05) is 0 Å². The number of pyridine rings is 1. The van der Waals surface area contributed by atoms with Crippen LogP contribution in [-0.4, -0.2) is 17.1 Å². The van der Waals surface area contributed by atoms with Crippen LogP contribution in [0.5, 0.6) is 5.75 Å². The van der Waals surface area contributed by atoms with Crippen molar-refractivity contribution >= 4 is 10.8 Å². The van der Waals surface area contributed by atoms with E-state index < -0.39 is 22.9 Å². The average Bonchev–Trinajstić information content (AvgIpc) is 2.76. The molecule has 1 saturated carbocycles. The summed E-state index contributed by atoms with van der Waals surface area (Å²) in [6, 6.07) is 6.72. The second-order valence-electron chi connectivity index (χ2n) is 8.56. The molecule has 2 N–H and O–H groups in total. The Kier molecular flexibility index (Phi) is 5.93. The summed E-state index contributed by atoms with van der Waals surface area (Å²) in [4.78, 5) is 4.05. The summed E-state index contributed by atoms with van der Waals surface area (Å²) >= 11 is 0. The maximum absolute atomic E-state index is 14.8. The molecular weight excluding hydrogens is 401 g/mol. The molecule has 0 saturated heterocycles. The van der Waals surface area contributed by atoms with E-state index in [9.17, 15) is 13.2 Å². The van der Waals surface area contributed by atoms with Gasteiger partial charge in [0.25, 0.3) is 0 Å². The lowest BCUT2D eigenvalue weighted by atomic mass is 9.64. The van der Waals surface area contributed by atoms with Crippen LogP contribution in [0.25, 0.3) is 10.8 Å². The maximum Gasteiger partial charge on any atom is 0.166 e. The molecule has 1 aliphatic rings. The number of aryl methyl sites for hydroxylation is 1. The van der Waals surface area contributed by atoms with E-state index in [1.807, 2.05) is 19.9 Å². The second kappa shape index (κ2) is 8.50. The number of nitrogens with two attached hydrogens (primary N) is 1. The number of benzene rings is 2. The number of hydrogen-bond acceptors (Lipinski definition) is 3. The third kappa shape index (κ3) is 4.01. The van der Waals surface area contributed by atoms with Crippen LogP contribution >= 0.6 is 0 Å². The molecule has 6 heteroatoms. The van der Waals surface area contributed by atoms with Crippen molar-refractivity contribution in [2.24, 2.45) is 5.73 Å². The van der Waals surface area contributed by atoms with Gasteiger partial charge in [0.1, 0.15) is 11.6 Å². The first-order valence-corrected chi connectivity index (χ1v) is 10.8. The molecule has 0 aliphatic heterocycles. The third-order valence-corrected chi connectivity index (χ3v) is 6.79. The molecule has 4 rings (SSSR count). The Balaban J connectivity index is 1.59. The van der Waals surface area contributed by atoms with Gasteiger partial charge in [0.2, 0.25) is 0 Å². The van der Waals surface area contributed by atoms with Gasteiger partial charge in [-0.05, 0) is 74.2 Å². The van der Waals surface area contributed by atoms with Crippen molar-refractivity contribution in [2.45, 2.75) is 63.5 Å². The molecule has 3 nitrogen and oxygen atoms in total. The summed E-state index contributed by atoms with van der Waals surface area (Å²) in [5, 5.41) is 1.63. The highest BCUT2D eigenvalue weighted by atomic mass is 19.1. The van der Waals surface area contributed by atoms with Gasteiger partial charge in [-0.3, -0.25) is 4.98 Å². The van der Waals surface area contributed by atoms with Gasteiger partial charge in [0.15, 0.2) is 11.6 Å². The number of ether oxygens (including phenoxy) is 1. The summed E-state index contributed by atoms with van der Waals surface area (Å²) in [6.07, 6.45) is 6.29. The first-order valence-electron chi connectivity index (χ1n) is 10.8. The van der Waals surface area contributed by atoms with Gasteiger partial charge in [0, 0.05) is 40.9 Å². The Morgan fingerprint density at radius 3 is 2.45 bits per heavy atom. The zero-order valence-corrected chi connectivity index (χ0v) is 17.8. The van der Waals surface area contributed by atoms with Gasteiger partial charge < -0.3 is 10.5 Å². The van der Waals surface area contributed by atoms with Crippen molar-refractivity contribution in [3.05, 3.63) is 71.3 Å². The van der Waals surface area contributed by atoms with E-state index in [1.165, 1.54) is 18.2 Å². The molecule has 1 unspecified atom stereocenters. The smallest absolute Gasteiger partial charge is 0.166 e. The summed E-state index contributed by atoms with van der Waals surface area (Å²) < 4.78 is 48.8. The number of halogens is 3. The fourth-order valence-corrected chi connectivity index (χ4v) is 5.01. The summed E-state index contributed by atoms with van der Waals surface area (Å²) in [5.41, 5.74) is 7.28. The van der Waals surface area contributed by atoms with Crippen LogP contribution in [-0.2, 0) is 5.41 Å². The predicted molar refractivity (Wildman–Crippen MR) is 116 cm³/mol. The number of rotatable bonds is 5. The Hall–Kier alpha value is -2.60. The number of nitrogens with zero attached hydrogens (tertiary/aromatic N) is 1. The Morgan fingerprint density at radius 2 is 1.81 bits per heavy atom. The van der Waals surface area contributed by atoms with Crippen molar-refractivity contribution in [3.63, 3.8) is 0 Å². The van der Waals surface area contributed by atoms with E-state index in [1.54, 1.807) is 12.4 Å². The van der Waals surface area contributed by atoms with Crippen molar-refractivity contribution in [3.8, 4) is 5.75 Å². The molecule has 0 spiro atoms. The lowest BCUT2D eigenvalue weighted by Crippen LogP contribution is -2.49. The lowest BCUT2D eigenvalue weighted by Gasteiger charge is -2.44. The molecule has 164 valence electrons. The quantitative estimate of drug-likeness (QED) is 0.546. The first-order chi connectivity index (χ1) is 14.8. The van der Waals surface area contributed by atoms with E-state index >= 15 is 0 Å². The van der Waals surface area contributed by atoms with Gasteiger partial charge in [-0.25, -0.2) is 13.2 Å². The van der Waals surface area contributed by atoms with Crippen LogP contribution in [0.2, 0.25) is 0 Å². The van der Waals surface area contributed by atoms with Crippen LogP contribution in [0, 0.1) is 24.4 Å². The zero-order chi connectivity index (χ0) is 22.2. The van der Waals surface area contributed by atoms with E-state index in [0.29, 0.717) is 37.7 Å². The number of fused-ring (bicyclic) bond motifs is 1. The molecular formula is C25H27F3N2O. The fraction of sp³-hybridized carbons (Fsp3) is 0.400. The maximum atomic E-state index is 14.8. The fourth-order valence-electron chi connectivity index (χ4n) is 5.01. The van der Waals surface area contributed by atoms with E-state index in [2.05, 4.69) is 4.98 Å². The number of aromatic nitrogens is 1. The molecule has 3 aromatic rings. The van der Waals surface area contributed by atoms with Crippen molar-refractivity contribution in [1.82, 2.24) is 4.98 Å². The molecule has 31 heavy (non-hydrogen) atoms. The number of hydrogen-bond donors (Lipinski definition) is 1. The van der Waals surface area contributed by atoms with Gasteiger partial charge in [-0.2, -0.15) is 0 Å². The topological polar surface area (TPSA) is 48.1 Å². The molecule has 1 heterocycles. The Labute approximate surface area is 180 Å². The van der Waals surface area contributed by atoms with Crippen LogP contribution in [0.15, 0.2) is 42.7 Å². The van der Waals surface area contributed by atoms with E-state index in [-0.39, 0.29) is 17.9 Å². The van der Waals surface area contributed by atoms with Crippen LogP contribution < -0.4 is 10.5 Å². The summed E-state index contributed by atoms with van der Waals surface area (Å²) in [6.45, 7) is 3.82. The highest BCUT2D eigenvalue weighted by molar-refractivity contribution is 5.86. The first kappa shape index (κ1) is 21.6. The standard InChI is InChI=1S/C25H27F3N2O/c1-3-23(29)25(17-11-18(26)13-19(27)12-17)7-4-20(5-8-25)31-24-15(2)21-6-9-30-14-16(21)10-22(24)28/h6,9-14,20,23H,3-5,7-8,29H2,1-2H3. The monoisotopic (exact) mass is 428 g/mol. The Morgan fingerprint density at radius 1 is 1.13 bits per heavy atom. The van der Waals surface area contributed by atoms with Crippen molar-refractivity contribution < 1.29 is 17.9 Å². The van der Waals surface area contributed by atoms with E-state index in [0.717, 1.165) is 22.4 Å². The normalized spacial score (nSPS) is 22.5. The van der Waals surface area contributed by atoms with Gasteiger partial charge >= 0.3 is 0 Å². The molecule has 1 aromatic heterocycles. The molecule has 1 fully saturated rings. The molecule has 0 bridgehead atoms. The summed E-state index contributed by atoms with van der Waals surface area (Å²) in [7, 11) is 0. The average molecular weight is 428 g/mol.